The first-order valence-electron chi connectivity index (χ1n) is 7.96. The Kier molecular flexibility index (Phi) is 6.70. The Morgan fingerprint density at radius 1 is 1.35 bits per heavy atom. The molecule has 0 saturated heterocycles. The zero-order valence-electron chi connectivity index (χ0n) is 14.5. The van der Waals surface area contributed by atoms with Crippen LogP contribution in [0.4, 0.5) is 0 Å². The van der Waals surface area contributed by atoms with Crippen molar-refractivity contribution in [3.63, 3.8) is 0 Å². The molecule has 0 aliphatic rings. The number of carbonyl (C=O) groups is 2. The van der Waals surface area contributed by atoms with Crippen LogP contribution in [0, 0.1) is 0 Å². The molecule has 2 N–H and O–H groups in total. The lowest BCUT2D eigenvalue weighted by molar-refractivity contribution is -0.149. The predicted molar refractivity (Wildman–Crippen MR) is 93.7 cm³/mol. The maximum Gasteiger partial charge on any atom is 0.331 e. The van der Waals surface area contributed by atoms with E-state index in [0.29, 0.717) is 29.6 Å². The van der Waals surface area contributed by atoms with E-state index >= 15 is 0 Å². The minimum Gasteiger partial charge on any atom is -0.479 e. The summed E-state index contributed by atoms with van der Waals surface area (Å²) in [7, 11) is 1.38. The van der Waals surface area contributed by atoms with Gasteiger partial charge < -0.3 is 19.7 Å². The van der Waals surface area contributed by atoms with Crippen molar-refractivity contribution in [1.29, 1.82) is 0 Å². The lowest BCUT2D eigenvalue weighted by Gasteiger charge is -2.25. The Morgan fingerprint density at radius 3 is 2.65 bits per heavy atom. The van der Waals surface area contributed by atoms with Gasteiger partial charge in [-0.3, -0.25) is 4.79 Å². The van der Waals surface area contributed by atoms with E-state index in [1.54, 1.807) is 24.3 Å². The third-order valence-corrected chi connectivity index (χ3v) is 3.94. The summed E-state index contributed by atoms with van der Waals surface area (Å²) in [6, 6.07) is 7.04. The second kappa shape index (κ2) is 8.77. The largest absolute Gasteiger partial charge is 0.479 e. The number of aliphatic carboxylic acids is 1. The Bertz CT molecular complexity index is 762. The number of carboxylic acids is 1. The van der Waals surface area contributed by atoms with Crippen molar-refractivity contribution < 1.29 is 24.0 Å². The van der Waals surface area contributed by atoms with Gasteiger partial charge in [-0.15, -0.1) is 0 Å². The number of rotatable bonds is 9. The van der Waals surface area contributed by atoms with Crippen LogP contribution in [-0.4, -0.2) is 46.4 Å². The van der Waals surface area contributed by atoms with Crippen molar-refractivity contribution in [2.45, 2.75) is 31.7 Å². The Hall–Kier alpha value is -2.45. The van der Waals surface area contributed by atoms with Crippen LogP contribution in [0.1, 0.15) is 25.7 Å². The van der Waals surface area contributed by atoms with Crippen LogP contribution in [0.2, 0.25) is 5.02 Å². The topological polar surface area (TPSA) is 115 Å². The number of aromatic nitrogens is 2. The van der Waals surface area contributed by atoms with Crippen molar-refractivity contribution in [2.24, 2.45) is 0 Å². The van der Waals surface area contributed by atoms with Crippen LogP contribution in [0.3, 0.4) is 0 Å². The van der Waals surface area contributed by atoms with Crippen LogP contribution < -0.4 is 5.32 Å². The average molecular weight is 382 g/mol. The van der Waals surface area contributed by atoms with E-state index in [2.05, 4.69) is 15.5 Å². The lowest BCUT2D eigenvalue weighted by Crippen LogP contribution is -2.55. The first kappa shape index (κ1) is 19.9. The molecule has 9 heteroatoms. The molecular weight excluding hydrogens is 362 g/mol. The summed E-state index contributed by atoms with van der Waals surface area (Å²) in [5.41, 5.74) is -0.683. The number of methoxy groups -OCH3 is 1. The molecule has 1 aromatic heterocycles. The number of nitrogens with one attached hydrogen (secondary N) is 1. The molecule has 8 nitrogen and oxygen atoms in total. The lowest BCUT2D eigenvalue weighted by atomic mass is 10.0. The smallest absolute Gasteiger partial charge is 0.331 e. The van der Waals surface area contributed by atoms with Gasteiger partial charge in [0.2, 0.25) is 17.6 Å². The van der Waals surface area contributed by atoms with E-state index in [0.717, 1.165) is 5.56 Å². The average Bonchev–Trinajstić information content (AvgIpc) is 3.04. The van der Waals surface area contributed by atoms with Crippen molar-refractivity contribution in [3.8, 4) is 11.4 Å². The fraction of sp³-hybridized carbons (Fsp3) is 0.412. The van der Waals surface area contributed by atoms with Gasteiger partial charge in [-0.25, -0.2) is 4.79 Å². The number of hydrogen-bond acceptors (Lipinski definition) is 6. The van der Waals surface area contributed by atoms with Gasteiger partial charge in [-0.05, 0) is 37.6 Å². The van der Waals surface area contributed by atoms with Gasteiger partial charge >= 0.3 is 5.97 Å². The number of benzene rings is 1. The maximum absolute atomic E-state index is 12.0. The number of aryl methyl sites for hydroxylation is 1. The summed E-state index contributed by atoms with van der Waals surface area (Å²) in [6.07, 6.45) is 0.976. The van der Waals surface area contributed by atoms with Crippen molar-refractivity contribution in [1.82, 2.24) is 15.5 Å². The molecular formula is C17H20ClN3O5. The van der Waals surface area contributed by atoms with Crippen LogP contribution in [0.15, 0.2) is 28.8 Å². The van der Waals surface area contributed by atoms with Gasteiger partial charge in [0.25, 0.3) is 0 Å². The van der Waals surface area contributed by atoms with E-state index in [1.165, 1.54) is 14.0 Å². The Morgan fingerprint density at radius 2 is 2.04 bits per heavy atom. The van der Waals surface area contributed by atoms with Crippen LogP contribution >= 0.6 is 11.6 Å². The van der Waals surface area contributed by atoms with Crippen LogP contribution in [0.25, 0.3) is 11.4 Å². The number of hydrogen-bond donors (Lipinski definition) is 2. The number of amides is 1. The zero-order chi connectivity index (χ0) is 19.2. The minimum absolute atomic E-state index is 0.123. The van der Waals surface area contributed by atoms with E-state index in [4.69, 9.17) is 20.9 Å². The monoisotopic (exact) mass is 381 g/mol. The summed E-state index contributed by atoms with van der Waals surface area (Å²) in [4.78, 5) is 27.5. The quantitative estimate of drug-likeness (QED) is 0.684. The van der Waals surface area contributed by atoms with Gasteiger partial charge in [0.05, 0.1) is 6.61 Å². The molecule has 0 aliphatic heterocycles. The SMILES string of the molecule is COCC(C)(NC(=O)CCCc1nc(-c2ccc(Cl)cc2)no1)C(=O)O. The van der Waals surface area contributed by atoms with E-state index in [9.17, 15) is 14.7 Å². The third kappa shape index (κ3) is 5.27. The minimum atomic E-state index is -1.46. The number of halogens is 1. The summed E-state index contributed by atoms with van der Waals surface area (Å²) >= 11 is 5.84. The number of nitrogens with zero attached hydrogens (tertiary/aromatic N) is 2. The molecule has 1 unspecified atom stereocenters. The molecule has 0 saturated carbocycles. The molecule has 1 atom stereocenters. The van der Waals surface area contributed by atoms with Gasteiger partial charge in [-0.2, -0.15) is 4.98 Å². The highest BCUT2D eigenvalue weighted by Crippen LogP contribution is 2.19. The van der Waals surface area contributed by atoms with Gasteiger partial charge in [0.15, 0.2) is 5.54 Å². The fourth-order valence-corrected chi connectivity index (χ4v) is 2.41. The molecule has 1 heterocycles. The third-order valence-electron chi connectivity index (χ3n) is 3.69. The van der Waals surface area contributed by atoms with Crippen LogP contribution in [-0.2, 0) is 20.7 Å². The first-order valence-corrected chi connectivity index (χ1v) is 8.34. The highest BCUT2D eigenvalue weighted by Gasteiger charge is 2.34. The summed E-state index contributed by atoms with van der Waals surface area (Å²) in [6.45, 7) is 1.27. The second-order valence-electron chi connectivity index (χ2n) is 5.99. The predicted octanol–water partition coefficient (Wildman–Crippen LogP) is 2.32. The first-order chi connectivity index (χ1) is 12.3. The fourth-order valence-electron chi connectivity index (χ4n) is 2.28. The summed E-state index contributed by atoms with van der Waals surface area (Å²) in [5.74, 6) is -0.693. The molecule has 2 aromatic rings. The number of ether oxygens (including phenoxy) is 1. The molecule has 1 aromatic carbocycles. The molecule has 1 amide bonds. The second-order valence-corrected chi connectivity index (χ2v) is 6.43. The molecule has 0 aliphatic carbocycles. The molecule has 140 valence electrons. The molecule has 0 fully saturated rings. The number of carboxylic acid groups (broad SMARTS) is 1. The highest BCUT2D eigenvalue weighted by molar-refractivity contribution is 6.30. The standard InChI is InChI=1S/C17H20ClN3O5/c1-17(10-25-2,16(23)24)20-13(22)4-3-5-14-19-15(21-26-14)11-6-8-12(18)9-7-11/h6-9H,3-5,10H2,1-2H3,(H,20,22)(H,23,24). The number of carbonyl (C=O) groups excluding carboxylic acids is 1. The van der Waals surface area contributed by atoms with E-state index < -0.39 is 11.5 Å². The van der Waals surface area contributed by atoms with Crippen molar-refractivity contribution in [2.75, 3.05) is 13.7 Å². The molecule has 2 rings (SSSR count). The van der Waals surface area contributed by atoms with Crippen LogP contribution in [0.5, 0.6) is 0 Å². The molecule has 0 bridgehead atoms. The Balaban J connectivity index is 1.85. The van der Waals surface area contributed by atoms with Crippen molar-refractivity contribution >= 4 is 23.5 Å². The normalized spacial score (nSPS) is 13.2. The summed E-state index contributed by atoms with van der Waals surface area (Å²) < 4.78 is 10.0. The van der Waals surface area contributed by atoms with Gasteiger partial charge in [0.1, 0.15) is 0 Å². The van der Waals surface area contributed by atoms with Gasteiger partial charge in [0, 0.05) is 30.5 Å². The van der Waals surface area contributed by atoms with E-state index in [-0.39, 0.29) is 18.9 Å². The highest BCUT2D eigenvalue weighted by atomic mass is 35.5. The summed E-state index contributed by atoms with van der Waals surface area (Å²) in [5, 5.41) is 16.2. The maximum atomic E-state index is 12.0. The van der Waals surface area contributed by atoms with Gasteiger partial charge in [-0.1, -0.05) is 16.8 Å². The molecule has 26 heavy (non-hydrogen) atoms. The Labute approximate surface area is 155 Å². The molecule has 0 radical (unpaired) electrons. The zero-order valence-corrected chi connectivity index (χ0v) is 15.2. The van der Waals surface area contributed by atoms with E-state index in [1.807, 2.05) is 0 Å². The molecule has 0 spiro atoms. The van der Waals surface area contributed by atoms with Crippen molar-refractivity contribution in [3.05, 3.63) is 35.2 Å².